The van der Waals surface area contributed by atoms with Crippen LogP contribution in [0.5, 0.6) is 0 Å². The molecular weight excluding hydrogens is 516 g/mol. The summed E-state index contributed by atoms with van der Waals surface area (Å²) in [5.41, 5.74) is 1.33. The number of hydrogen-bond donors (Lipinski definition) is 3. The lowest BCUT2D eigenvalue weighted by molar-refractivity contribution is -0.124. The van der Waals surface area contributed by atoms with Crippen LogP contribution in [0.3, 0.4) is 0 Å². The van der Waals surface area contributed by atoms with Crippen molar-refractivity contribution >= 4 is 50.3 Å². The number of hydrogen-bond acceptors (Lipinski definition) is 6. The van der Waals surface area contributed by atoms with Gasteiger partial charge in [-0.05, 0) is 60.9 Å². The van der Waals surface area contributed by atoms with Crippen LogP contribution in [0.2, 0.25) is 5.02 Å². The third-order valence-electron chi connectivity index (χ3n) is 6.89. The van der Waals surface area contributed by atoms with E-state index in [1.807, 2.05) is 28.8 Å². The highest BCUT2D eigenvalue weighted by Gasteiger charge is 2.47. The number of carbonyl (C=O) groups excluding carboxylic acids is 1. The first-order chi connectivity index (χ1) is 17.7. The predicted molar refractivity (Wildman–Crippen MR) is 143 cm³/mol. The van der Waals surface area contributed by atoms with Crippen molar-refractivity contribution in [2.75, 3.05) is 19.7 Å². The van der Waals surface area contributed by atoms with Crippen molar-refractivity contribution < 1.29 is 23.4 Å². The van der Waals surface area contributed by atoms with Crippen LogP contribution in [0.4, 0.5) is 0 Å². The zero-order valence-corrected chi connectivity index (χ0v) is 21.5. The van der Waals surface area contributed by atoms with E-state index >= 15 is 0 Å². The highest BCUT2D eigenvalue weighted by atomic mass is 35.5. The molecule has 1 atom stereocenters. The molecule has 11 heteroatoms. The number of nitrogens with zero attached hydrogens (tertiary/aromatic N) is 3. The lowest BCUT2D eigenvalue weighted by atomic mass is 9.89. The zero-order chi connectivity index (χ0) is 26.2. The summed E-state index contributed by atoms with van der Waals surface area (Å²) in [7, 11) is -3.72. The summed E-state index contributed by atoms with van der Waals surface area (Å²) in [6.07, 6.45) is 3.05. The van der Waals surface area contributed by atoms with Crippen LogP contribution in [0.1, 0.15) is 24.0 Å². The summed E-state index contributed by atoms with van der Waals surface area (Å²) in [5, 5.41) is 24.4. The topological polar surface area (TPSA) is 124 Å². The maximum atomic E-state index is 13.1. The second-order valence-corrected chi connectivity index (χ2v) is 11.5. The minimum atomic E-state index is -3.72. The number of amides is 1. The van der Waals surface area contributed by atoms with Gasteiger partial charge in [-0.25, -0.2) is 8.42 Å². The van der Waals surface area contributed by atoms with Crippen LogP contribution in [0.15, 0.2) is 65.1 Å². The fraction of sp³-hybridized carbons (Fsp3) is 0.308. The Morgan fingerprint density at radius 3 is 2.57 bits per heavy atom. The SMILES string of the molecule is O=C1NC(c2ccc(Cl)cc2)=NC12CCN(S(=O)(=O)C=Cc1cccc3c1ccn3C[C@H](O)CO)CC2. The van der Waals surface area contributed by atoms with Gasteiger partial charge in [0.2, 0.25) is 10.0 Å². The third kappa shape index (κ3) is 5.07. The molecule has 1 spiro atoms. The maximum Gasteiger partial charge on any atom is 0.253 e. The molecule has 0 radical (unpaired) electrons. The number of aliphatic hydroxyl groups excluding tert-OH is 2. The van der Waals surface area contributed by atoms with Crippen molar-refractivity contribution in [2.45, 2.75) is 31.0 Å². The molecule has 3 N–H and O–H groups in total. The summed E-state index contributed by atoms with van der Waals surface area (Å²) in [4.78, 5) is 17.5. The maximum absolute atomic E-state index is 13.1. The van der Waals surface area contributed by atoms with Crippen LogP contribution in [-0.2, 0) is 21.4 Å². The molecule has 2 aliphatic heterocycles. The first-order valence-corrected chi connectivity index (χ1v) is 13.8. The number of carbonyl (C=O) groups is 1. The van der Waals surface area contributed by atoms with Gasteiger partial charge in [0.1, 0.15) is 11.4 Å². The first kappa shape index (κ1) is 25.6. The van der Waals surface area contributed by atoms with E-state index in [0.717, 1.165) is 22.0 Å². The van der Waals surface area contributed by atoms with Gasteiger partial charge in [0.25, 0.3) is 5.91 Å². The minimum Gasteiger partial charge on any atom is -0.394 e. The number of aromatic nitrogens is 1. The van der Waals surface area contributed by atoms with Crippen LogP contribution >= 0.6 is 11.6 Å². The van der Waals surface area contributed by atoms with Gasteiger partial charge in [-0.1, -0.05) is 23.7 Å². The number of halogens is 1. The van der Waals surface area contributed by atoms with Crippen LogP contribution < -0.4 is 5.32 Å². The van der Waals surface area contributed by atoms with E-state index in [-0.39, 0.29) is 45.0 Å². The summed E-state index contributed by atoms with van der Waals surface area (Å²) in [6, 6.07) is 14.4. The molecule has 0 saturated carbocycles. The van der Waals surface area contributed by atoms with Gasteiger partial charge in [-0.3, -0.25) is 9.79 Å². The highest BCUT2D eigenvalue weighted by molar-refractivity contribution is 7.92. The number of sulfonamides is 1. The molecule has 1 saturated heterocycles. The Bertz CT molecular complexity index is 1490. The van der Waals surface area contributed by atoms with Crippen LogP contribution in [0.25, 0.3) is 17.0 Å². The Morgan fingerprint density at radius 2 is 1.86 bits per heavy atom. The van der Waals surface area contributed by atoms with Crippen molar-refractivity contribution in [1.82, 2.24) is 14.2 Å². The van der Waals surface area contributed by atoms with E-state index in [9.17, 15) is 18.3 Å². The van der Waals surface area contributed by atoms with Crippen molar-refractivity contribution in [3.8, 4) is 0 Å². The molecule has 0 bridgehead atoms. The normalized spacial score (nSPS) is 19.0. The molecule has 1 aromatic heterocycles. The van der Waals surface area contributed by atoms with Crippen molar-refractivity contribution in [3.05, 3.63) is 76.3 Å². The van der Waals surface area contributed by atoms with Gasteiger partial charge in [0.05, 0.1) is 19.3 Å². The van der Waals surface area contributed by atoms with E-state index in [2.05, 4.69) is 10.3 Å². The molecular formula is C26H27ClN4O5S. The lowest BCUT2D eigenvalue weighted by Crippen LogP contribution is -2.50. The average Bonchev–Trinajstić information content (AvgIpc) is 3.44. The smallest absolute Gasteiger partial charge is 0.253 e. The predicted octanol–water partition coefficient (Wildman–Crippen LogP) is 2.36. The number of benzene rings is 2. The molecule has 1 amide bonds. The van der Waals surface area contributed by atoms with E-state index < -0.39 is 21.7 Å². The standard InChI is InChI=1S/C26H27ClN4O5S/c27-20-6-4-19(5-7-20)24-28-25(34)26(29-24)10-13-31(14-11-26)37(35,36)15-9-18-2-1-3-23-22(18)8-12-30(23)16-21(33)17-32/h1-9,12,15,21,32-33H,10-11,13-14,16-17H2,(H,28,29,34)/t21-/m0/s1. The molecule has 5 rings (SSSR count). The molecule has 194 valence electrons. The van der Waals surface area contributed by atoms with Gasteiger partial charge in [0, 0.05) is 46.2 Å². The molecule has 0 aliphatic carbocycles. The quantitative estimate of drug-likeness (QED) is 0.423. The van der Waals surface area contributed by atoms with Gasteiger partial charge in [-0.15, -0.1) is 0 Å². The molecule has 1 fully saturated rings. The van der Waals surface area contributed by atoms with E-state index in [0.29, 0.717) is 10.9 Å². The number of aliphatic hydroxyl groups is 2. The molecule has 2 aliphatic rings. The largest absolute Gasteiger partial charge is 0.394 e. The lowest BCUT2D eigenvalue weighted by Gasteiger charge is -2.34. The first-order valence-electron chi connectivity index (χ1n) is 11.9. The number of rotatable bonds is 7. The third-order valence-corrected chi connectivity index (χ3v) is 8.71. The second-order valence-electron chi connectivity index (χ2n) is 9.28. The number of nitrogens with one attached hydrogen (secondary N) is 1. The zero-order valence-electron chi connectivity index (χ0n) is 19.9. The number of piperidine rings is 1. The Labute approximate surface area is 219 Å². The Morgan fingerprint density at radius 1 is 1.14 bits per heavy atom. The van der Waals surface area contributed by atoms with Crippen LogP contribution in [-0.4, -0.2) is 70.6 Å². The van der Waals surface area contributed by atoms with Crippen LogP contribution in [0, 0.1) is 0 Å². The molecule has 3 aromatic rings. The molecule has 9 nitrogen and oxygen atoms in total. The van der Waals surface area contributed by atoms with Gasteiger partial charge >= 0.3 is 0 Å². The van der Waals surface area contributed by atoms with Gasteiger partial charge < -0.3 is 20.1 Å². The van der Waals surface area contributed by atoms with Gasteiger partial charge in [0.15, 0.2) is 0 Å². The van der Waals surface area contributed by atoms with E-state index in [1.54, 1.807) is 36.5 Å². The summed E-state index contributed by atoms with van der Waals surface area (Å²) >= 11 is 5.95. The molecule has 2 aromatic carbocycles. The highest BCUT2D eigenvalue weighted by Crippen LogP contribution is 2.32. The average molecular weight is 543 g/mol. The summed E-state index contributed by atoms with van der Waals surface area (Å²) in [6.45, 7) is 0.245. The molecule has 3 heterocycles. The summed E-state index contributed by atoms with van der Waals surface area (Å²) < 4.78 is 29.4. The van der Waals surface area contributed by atoms with Crippen molar-refractivity contribution in [3.63, 3.8) is 0 Å². The van der Waals surface area contributed by atoms with Gasteiger partial charge in [-0.2, -0.15) is 4.31 Å². The number of aliphatic imine (C=N–C) groups is 1. The number of fused-ring (bicyclic) bond motifs is 1. The van der Waals surface area contributed by atoms with E-state index in [4.69, 9.17) is 16.7 Å². The summed E-state index contributed by atoms with van der Waals surface area (Å²) in [5.74, 6) is 0.261. The molecule has 37 heavy (non-hydrogen) atoms. The van der Waals surface area contributed by atoms with Crippen molar-refractivity contribution in [2.24, 2.45) is 4.99 Å². The minimum absolute atomic E-state index is 0.178. The number of amidine groups is 1. The fourth-order valence-corrected chi connectivity index (χ4v) is 6.10. The Balaban J connectivity index is 1.30. The Kier molecular flexibility index (Phi) is 6.95. The molecule has 0 unspecified atom stereocenters. The monoisotopic (exact) mass is 542 g/mol. The van der Waals surface area contributed by atoms with Crippen molar-refractivity contribution in [1.29, 1.82) is 0 Å². The Hall–Kier alpha value is -3.02. The van der Waals surface area contributed by atoms with E-state index in [1.165, 1.54) is 9.71 Å². The second kappa shape index (κ2) is 10.0. The fourth-order valence-electron chi connectivity index (χ4n) is 4.79.